The summed E-state index contributed by atoms with van der Waals surface area (Å²) in [5.74, 6) is 0.642. The lowest BCUT2D eigenvalue weighted by Crippen LogP contribution is -2.50. The van der Waals surface area contributed by atoms with Crippen molar-refractivity contribution in [3.8, 4) is 5.75 Å². The smallest absolute Gasteiger partial charge is 0.410 e. The molecule has 3 aliphatic rings. The molecule has 3 fully saturated rings. The third-order valence-corrected chi connectivity index (χ3v) is 7.97. The Kier molecular flexibility index (Phi) is 7.16. The van der Waals surface area contributed by atoms with Gasteiger partial charge in [0.1, 0.15) is 11.4 Å². The van der Waals surface area contributed by atoms with Crippen molar-refractivity contribution in [3.05, 3.63) is 17.8 Å². The molecule has 2 aliphatic heterocycles. The van der Waals surface area contributed by atoms with Gasteiger partial charge >= 0.3 is 6.09 Å². The maximum atomic E-state index is 12.7. The van der Waals surface area contributed by atoms with Gasteiger partial charge in [-0.05, 0) is 91.2 Å². The van der Waals surface area contributed by atoms with Crippen LogP contribution in [0.15, 0.2) is 17.2 Å². The van der Waals surface area contributed by atoms with E-state index >= 15 is 0 Å². The summed E-state index contributed by atoms with van der Waals surface area (Å²) in [5, 5.41) is 0.0705. The van der Waals surface area contributed by atoms with Crippen molar-refractivity contribution >= 4 is 15.9 Å². The molecule has 0 spiro atoms. The predicted octanol–water partition coefficient (Wildman–Crippen LogP) is 4.43. The summed E-state index contributed by atoms with van der Waals surface area (Å²) in [6, 6.07) is 3.63. The summed E-state index contributed by atoms with van der Waals surface area (Å²) in [6.07, 6.45) is 8.89. The number of hydrogen-bond acceptors (Lipinski definition) is 7. The van der Waals surface area contributed by atoms with Gasteiger partial charge in [-0.25, -0.2) is 18.2 Å². The molecule has 9 heteroatoms. The minimum absolute atomic E-state index is 0.0705. The number of carbonyl (C=O) groups is 1. The SMILES string of the molecule is Cc1nc(S(C)(=O)=O)ccc1OC1CCC(OC2C[C@@H]3CC[C@@H](C2)N3C(=O)OC(C)(C)C)CC1. The van der Waals surface area contributed by atoms with E-state index in [2.05, 4.69) is 4.98 Å². The van der Waals surface area contributed by atoms with Gasteiger partial charge in [0.25, 0.3) is 0 Å². The average molecular weight is 495 g/mol. The number of pyridine rings is 1. The number of rotatable bonds is 5. The normalized spacial score (nSPS) is 29.7. The number of carbonyl (C=O) groups excluding carboxylic acids is 1. The third-order valence-electron chi connectivity index (χ3n) is 6.99. The number of hydrogen-bond donors (Lipinski definition) is 0. The van der Waals surface area contributed by atoms with Crippen molar-refractivity contribution in [2.45, 2.75) is 120 Å². The second kappa shape index (κ2) is 9.64. The lowest BCUT2D eigenvalue weighted by Gasteiger charge is -2.41. The van der Waals surface area contributed by atoms with Crippen LogP contribution in [-0.4, -0.2) is 66.6 Å². The molecule has 2 atom stereocenters. The molecule has 0 unspecified atom stereocenters. The van der Waals surface area contributed by atoms with Crippen molar-refractivity contribution in [2.75, 3.05) is 6.26 Å². The molecule has 1 saturated carbocycles. The van der Waals surface area contributed by atoms with Crippen LogP contribution in [0.3, 0.4) is 0 Å². The Morgan fingerprint density at radius 2 is 1.56 bits per heavy atom. The van der Waals surface area contributed by atoms with E-state index in [0.717, 1.165) is 57.6 Å². The second-order valence-corrected chi connectivity index (χ2v) is 13.0. The average Bonchev–Trinajstić information content (AvgIpc) is 3.00. The Morgan fingerprint density at radius 1 is 0.971 bits per heavy atom. The zero-order valence-corrected chi connectivity index (χ0v) is 21.8. The highest BCUT2D eigenvalue weighted by Crippen LogP contribution is 2.39. The molecule has 34 heavy (non-hydrogen) atoms. The molecule has 1 aromatic heterocycles. The summed E-state index contributed by atoms with van der Waals surface area (Å²) in [6.45, 7) is 7.50. The highest BCUT2D eigenvalue weighted by atomic mass is 32.2. The number of amides is 1. The number of nitrogens with zero attached hydrogens (tertiary/aromatic N) is 2. The maximum absolute atomic E-state index is 12.7. The number of piperidine rings is 1. The van der Waals surface area contributed by atoms with Gasteiger partial charge in [0, 0.05) is 18.3 Å². The molecule has 2 saturated heterocycles. The Labute approximate surface area is 203 Å². The molecule has 0 N–H and O–H groups in total. The summed E-state index contributed by atoms with van der Waals surface area (Å²) in [4.78, 5) is 18.8. The van der Waals surface area contributed by atoms with Gasteiger partial charge < -0.3 is 19.1 Å². The fourth-order valence-electron chi connectivity index (χ4n) is 5.45. The summed E-state index contributed by atoms with van der Waals surface area (Å²) in [7, 11) is -3.33. The van der Waals surface area contributed by atoms with Gasteiger partial charge in [0.2, 0.25) is 0 Å². The number of fused-ring (bicyclic) bond motifs is 2. The van der Waals surface area contributed by atoms with Crippen LogP contribution in [0.25, 0.3) is 0 Å². The second-order valence-electron chi connectivity index (χ2n) is 11.0. The standard InChI is InChI=1S/C25H38N2O6S/c1-16-22(12-13-23(26-16)34(5,29)30)32-20-10-8-19(9-11-20)31-21-14-17-6-7-18(15-21)27(17)24(28)33-25(2,3)4/h12-13,17-21H,6-11,14-15H2,1-5H3/t17-,18-,19?,20?/m0/s1. The quantitative estimate of drug-likeness (QED) is 0.597. The summed E-state index contributed by atoms with van der Waals surface area (Å²) < 4.78 is 41.7. The number of ether oxygens (including phenoxy) is 3. The van der Waals surface area contributed by atoms with E-state index in [1.54, 1.807) is 13.0 Å². The van der Waals surface area contributed by atoms with Crippen LogP contribution >= 0.6 is 0 Å². The van der Waals surface area contributed by atoms with Crippen molar-refractivity contribution in [1.29, 1.82) is 0 Å². The van der Waals surface area contributed by atoms with E-state index in [9.17, 15) is 13.2 Å². The minimum Gasteiger partial charge on any atom is -0.489 e. The van der Waals surface area contributed by atoms with Crippen LogP contribution in [0.4, 0.5) is 4.79 Å². The van der Waals surface area contributed by atoms with Crippen molar-refractivity contribution in [1.82, 2.24) is 9.88 Å². The van der Waals surface area contributed by atoms with E-state index < -0.39 is 15.4 Å². The van der Waals surface area contributed by atoms with Crippen molar-refractivity contribution in [2.24, 2.45) is 0 Å². The minimum atomic E-state index is -3.33. The fourth-order valence-corrected chi connectivity index (χ4v) is 6.06. The van der Waals surface area contributed by atoms with Gasteiger partial charge in [-0.2, -0.15) is 0 Å². The zero-order valence-electron chi connectivity index (χ0n) is 21.0. The van der Waals surface area contributed by atoms with Crippen LogP contribution in [0.5, 0.6) is 5.75 Å². The van der Waals surface area contributed by atoms with E-state index in [1.165, 1.54) is 6.07 Å². The molecule has 1 amide bonds. The molecule has 4 rings (SSSR count). The lowest BCUT2D eigenvalue weighted by atomic mass is 9.93. The van der Waals surface area contributed by atoms with E-state index in [0.29, 0.717) is 11.4 Å². The summed E-state index contributed by atoms with van der Waals surface area (Å²) in [5.41, 5.74) is 0.114. The molecular formula is C25H38N2O6S. The molecule has 0 radical (unpaired) electrons. The largest absolute Gasteiger partial charge is 0.489 e. The number of aromatic nitrogens is 1. The van der Waals surface area contributed by atoms with Crippen LogP contribution in [-0.2, 0) is 19.3 Å². The highest BCUT2D eigenvalue weighted by Gasteiger charge is 2.45. The highest BCUT2D eigenvalue weighted by molar-refractivity contribution is 7.90. The molecular weight excluding hydrogens is 456 g/mol. The lowest BCUT2D eigenvalue weighted by molar-refractivity contribution is -0.0813. The first kappa shape index (κ1) is 25.2. The molecule has 8 nitrogen and oxygen atoms in total. The number of aryl methyl sites for hydroxylation is 1. The van der Waals surface area contributed by atoms with E-state index in [1.807, 2.05) is 25.7 Å². The first-order valence-electron chi connectivity index (χ1n) is 12.4. The zero-order chi connectivity index (χ0) is 24.7. The van der Waals surface area contributed by atoms with Crippen LogP contribution < -0.4 is 4.74 Å². The molecule has 190 valence electrons. The third kappa shape index (κ3) is 6.03. The Bertz CT molecular complexity index is 983. The van der Waals surface area contributed by atoms with Gasteiger partial charge in [0.15, 0.2) is 14.9 Å². The fraction of sp³-hybridized carbons (Fsp3) is 0.760. The van der Waals surface area contributed by atoms with E-state index in [4.69, 9.17) is 14.2 Å². The van der Waals surface area contributed by atoms with E-state index in [-0.39, 0.29) is 41.5 Å². The number of sulfone groups is 1. The topological polar surface area (TPSA) is 95.0 Å². The van der Waals surface area contributed by atoms with Crippen LogP contribution in [0.1, 0.15) is 77.8 Å². The molecule has 2 bridgehead atoms. The molecule has 3 heterocycles. The van der Waals surface area contributed by atoms with Gasteiger partial charge in [-0.1, -0.05) is 0 Å². The molecule has 1 aromatic rings. The Balaban J connectivity index is 1.25. The monoisotopic (exact) mass is 494 g/mol. The molecule has 1 aliphatic carbocycles. The van der Waals surface area contributed by atoms with Crippen LogP contribution in [0.2, 0.25) is 0 Å². The Hall–Kier alpha value is -1.87. The molecule has 0 aromatic carbocycles. The maximum Gasteiger partial charge on any atom is 0.410 e. The van der Waals surface area contributed by atoms with Crippen LogP contribution in [0, 0.1) is 6.92 Å². The summed E-state index contributed by atoms with van der Waals surface area (Å²) >= 11 is 0. The first-order valence-corrected chi connectivity index (χ1v) is 14.3. The Morgan fingerprint density at radius 3 is 2.09 bits per heavy atom. The van der Waals surface area contributed by atoms with Crippen molar-refractivity contribution in [3.63, 3.8) is 0 Å². The predicted molar refractivity (Wildman–Crippen MR) is 128 cm³/mol. The van der Waals surface area contributed by atoms with Gasteiger partial charge in [0.05, 0.1) is 24.0 Å². The first-order chi connectivity index (χ1) is 15.9. The van der Waals surface area contributed by atoms with Gasteiger partial charge in [-0.3, -0.25) is 0 Å². The van der Waals surface area contributed by atoms with Crippen molar-refractivity contribution < 1.29 is 27.4 Å². The van der Waals surface area contributed by atoms with Gasteiger partial charge in [-0.15, -0.1) is 0 Å².